The lowest BCUT2D eigenvalue weighted by molar-refractivity contribution is 0.0481. The maximum Gasteiger partial charge on any atom is 0.124 e. The van der Waals surface area contributed by atoms with E-state index in [1.165, 1.54) is 0 Å². The molecule has 0 aliphatic carbocycles. The molecule has 104 valence electrons. The number of anilines is 1. The van der Waals surface area contributed by atoms with Crippen LogP contribution in [-0.2, 0) is 0 Å². The number of rotatable bonds is 2. The number of nitrogens with zero attached hydrogens (tertiary/aromatic N) is 1. The van der Waals surface area contributed by atoms with Gasteiger partial charge in [0.05, 0.1) is 5.60 Å². The number of aryl methyl sites for hydroxylation is 1. The van der Waals surface area contributed by atoms with Crippen molar-refractivity contribution in [3.8, 4) is 0 Å². The van der Waals surface area contributed by atoms with Gasteiger partial charge in [-0.05, 0) is 45.2 Å². The fraction of sp³-hybridized carbons (Fsp3) is 0.533. The van der Waals surface area contributed by atoms with Crippen molar-refractivity contribution in [1.82, 2.24) is 0 Å². The van der Waals surface area contributed by atoms with Crippen LogP contribution in [0.1, 0.15) is 37.3 Å². The first-order valence-electron chi connectivity index (χ1n) is 6.81. The van der Waals surface area contributed by atoms with Crippen LogP contribution < -0.4 is 10.6 Å². The molecular weight excluding hydrogens is 238 g/mol. The second kappa shape index (κ2) is 5.21. The molecule has 1 aliphatic rings. The second-order valence-corrected chi connectivity index (χ2v) is 5.77. The van der Waals surface area contributed by atoms with Gasteiger partial charge in [-0.25, -0.2) is 0 Å². The highest BCUT2D eigenvalue weighted by molar-refractivity contribution is 6.00. The molecule has 4 heteroatoms. The zero-order valence-electron chi connectivity index (χ0n) is 11.7. The third kappa shape index (κ3) is 3.26. The molecule has 0 aromatic heterocycles. The molecule has 0 amide bonds. The summed E-state index contributed by atoms with van der Waals surface area (Å²) in [7, 11) is 0. The van der Waals surface area contributed by atoms with E-state index < -0.39 is 5.60 Å². The number of hydrogen-bond acceptors (Lipinski definition) is 3. The molecule has 4 nitrogen and oxygen atoms in total. The number of aliphatic hydroxyl groups is 1. The lowest BCUT2D eigenvalue weighted by Crippen LogP contribution is -2.30. The first kappa shape index (κ1) is 13.9. The van der Waals surface area contributed by atoms with Gasteiger partial charge in [0.25, 0.3) is 0 Å². The molecule has 0 bridgehead atoms. The van der Waals surface area contributed by atoms with Crippen LogP contribution in [0, 0.1) is 12.3 Å². The van der Waals surface area contributed by atoms with Crippen molar-refractivity contribution in [3.05, 3.63) is 29.3 Å². The molecule has 0 spiro atoms. The molecule has 1 aliphatic heterocycles. The third-order valence-electron chi connectivity index (χ3n) is 3.85. The third-order valence-corrected chi connectivity index (χ3v) is 3.85. The van der Waals surface area contributed by atoms with Gasteiger partial charge in [0.15, 0.2) is 0 Å². The van der Waals surface area contributed by atoms with E-state index in [1.54, 1.807) is 0 Å². The highest BCUT2D eigenvalue weighted by Crippen LogP contribution is 2.28. The molecule has 1 saturated heterocycles. The lowest BCUT2D eigenvalue weighted by Gasteiger charge is -2.26. The maximum atomic E-state index is 10.1. The minimum Gasteiger partial charge on any atom is -0.390 e. The quantitative estimate of drug-likeness (QED) is 0.563. The maximum absolute atomic E-state index is 10.1. The van der Waals surface area contributed by atoms with Gasteiger partial charge in [-0.15, -0.1) is 0 Å². The van der Waals surface area contributed by atoms with Crippen LogP contribution in [0.4, 0.5) is 5.69 Å². The standard InChI is InChI=1S/C15H23N3O/c1-11-4-5-13(12(10-11)14(16)17)18-8-3-6-15(2,19)7-9-18/h4-5,10,19H,3,6-9H2,1-2H3,(H3,16,17). The van der Waals surface area contributed by atoms with Crippen LogP contribution in [0.2, 0.25) is 0 Å². The largest absolute Gasteiger partial charge is 0.390 e. The summed E-state index contributed by atoms with van der Waals surface area (Å²) >= 11 is 0. The monoisotopic (exact) mass is 261 g/mol. The van der Waals surface area contributed by atoms with Crippen molar-refractivity contribution in [3.63, 3.8) is 0 Å². The highest BCUT2D eigenvalue weighted by atomic mass is 16.3. The number of nitrogens with one attached hydrogen (secondary N) is 1. The van der Waals surface area contributed by atoms with Crippen LogP contribution in [-0.4, -0.2) is 29.6 Å². The van der Waals surface area contributed by atoms with Gasteiger partial charge >= 0.3 is 0 Å². The number of hydrogen-bond donors (Lipinski definition) is 3. The molecule has 1 aromatic carbocycles. The van der Waals surface area contributed by atoms with Crippen LogP contribution in [0.5, 0.6) is 0 Å². The van der Waals surface area contributed by atoms with Crippen molar-refractivity contribution >= 4 is 11.5 Å². The normalized spacial score (nSPS) is 24.1. The van der Waals surface area contributed by atoms with Gasteiger partial charge < -0.3 is 15.7 Å². The predicted molar refractivity (Wildman–Crippen MR) is 78.9 cm³/mol. The summed E-state index contributed by atoms with van der Waals surface area (Å²) in [6, 6.07) is 6.04. The summed E-state index contributed by atoms with van der Waals surface area (Å²) < 4.78 is 0. The van der Waals surface area contributed by atoms with E-state index in [0.717, 1.165) is 49.2 Å². The van der Waals surface area contributed by atoms with Crippen LogP contribution in [0.3, 0.4) is 0 Å². The Morgan fingerprint density at radius 3 is 2.79 bits per heavy atom. The first-order valence-corrected chi connectivity index (χ1v) is 6.81. The van der Waals surface area contributed by atoms with Crippen molar-refractivity contribution in [2.75, 3.05) is 18.0 Å². The van der Waals surface area contributed by atoms with Crippen molar-refractivity contribution < 1.29 is 5.11 Å². The summed E-state index contributed by atoms with van der Waals surface area (Å²) in [5.74, 6) is 0.106. The second-order valence-electron chi connectivity index (χ2n) is 5.77. The van der Waals surface area contributed by atoms with E-state index in [4.69, 9.17) is 11.1 Å². The number of nitrogen functional groups attached to an aromatic ring is 1. The zero-order valence-corrected chi connectivity index (χ0v) is 11.7. The highest BCUT2D eigenvalue weighted by Gasteiger charge is 2.26. The molecular formula is C15H23N3O. The molecule has 1 aromatic rings. The molecule has 1 heterocycles. The molecule has 19 heavy (non-hydrogen) atoms. The van der Waals surface area contributed by atoms with Crippen LogP contribution >= 0.6 is 0 Å². The minimum absolute atomic E-state index is 0.106. The summed E-state index contributed by atoms with van der Waals surface area (Å²) in [6.45, 7) is 5.61. The molecule has 1 fully saturated rings. The Kier molecular flexibility index (Phi) is 3.80. The minimum atomic E-state index is -0.574. The first-order chi connectivity index (χ1) is 8.89. The molecule has 0 saturated carbocycles. The van der Waals surface area contributed by atoms with Crippen LogP contribution in [0.15, 0.2) is 18.2 Å². The van der Waals surface area contributed by atoms with E-state index in [1.807, 2.05) is 32.0 Å². The Bertz CT molecular complexity index is 482. The fourth-order valence-corrected chi connectivity index (χ4v) is 2.65. The average Bonchev–Trinajstić information content (AvgIpc) is 2.50. The SMILES string of the molecule is Cc1ccc(N2CCCC(C)(O)CC2)c(C(=N)N)c1. The Hall–Kier alpha value is -1.55. The average molecular weight is 261 g/mol. The fourth-order valence-electron chi connectivity index (χ4n) is 2.65. The molecule has 1 atom stereocenters. The van der Waals surface area contributed by atoms with Gasteiger partial charge in [-0.3, -0.25) is 5.41 Å². The van der Waals surface area contributed by atoms with E-state index in [9.17, 15) is 5.11 Å². The Labute approximate surface area is 114 Å². The Morgan fingerprint density at radius 2 is 2.11 bits per heavy atom. The number of benzene rings is 1. The van der Waals surface area contributed by atoms with Crippen LogP contribution in [0.25, 0.3) is 0 Å². The van der Waals surface area contributed by atoms with Gasteiger partial charge in [-0.1, -0.05) is 11.6 Å². The summed E-state index contributed by atoms with van der Waals surface area (Å²) in [4.78, 5) is 2.23. The molecule has 1 unspecified atom stereocenters. The smallest absolute Gasteiger partial charge is 0.124 e. The lowest BCUT2D eigenvalue weighted by atomic mass is 9.98. The summed E-state index contributed by atoms with van der Waals surface area (Å²) in [6.07, 6.45) is 2.53. The van der Waals surface area contributed by atoms with Gasteiger partial charge in [-0.2, -0.15) is 0 Å². The Morgan fingerprint density at radius 1 is 1.37 bits per heavy atom. The number of amidine groups is 1. The van der Waals surface area contributed by atoms with Crippen molar-refractivity contribution in [2.45, 2.75) is 38.7 Å². The molecule has 2 rings (SSSR count). The molecule has 4 N–H and O–H groups in total. The van der Waals surface area contributed by atoms with E-state index in [2.05, 4.69) is 4.90 Å². The van der Waals surface area contributed by atoms with E-state index >= 15 is 0 Å². The van der Waals surface area contributed by atoms with Gasteiger partial charge in [0.1, 0.15) is 5.84 Å². The summed E-state index contributed by atoms with van der Waals surface area (Å²) in [5.41, 5.74) is 8.03. The van der Waals surface area contributed by atoms with Gasteiger partial charge in [0.2, 0.25) is 0 Å². The summed E-state index contributed by atoms with van der Waals surface area (Å²) in [5, 5.41) is 17.9. The Balaban J connectivity index is 2.29. The van der Waals surface area contributed by atoms with Gasteiger partial charge in [0, 0.05) is 24.3 Å². The van der Waals surface area contributed by atoms with Crippen molar-refractivity contribution in [1.29, 1.82) is 5.41 Å². The molecule has 0 radical (unpaired) electrons. The number of nitrogens with two attached hydrogens (primary N) is 1. The van der Waals surface area contributed by atoms with E-state index in [0.29, 0.717) is 0 Å². The van der Waals surface area contributed by atoms with E-state index in [-0.39, 0.29) is 5.84 Å². The van der Waals surface area contributed by atoms with Crippen molar-refractivity contribution in [2.24, 2.45) is 5.73 Å². The topological polar surface area (TPSA) is 73.3 Å². The zero-order chi connectivity index (χ0) is 14.0. The predicted octanol–water partition coefficient (Wildman–Crippen LogP) is 2.02.